The summed E-state index contributed by atoms with van der Waals surface area (Å²) in [7, 11) is 0. The smallest absolute Gasteiger partial charge is 0.323 e. The first-order chi connectivity index (χ1) is 15.5. The van der Waals surface area contributed by atoms with Crippen molar-refractivity contribution in [2.45, 2.75) is 12.5 Å². The fourth-order valence-electron chi connectivity index (χ4n) is 3.64. The molecule has 1 heterocycles. The Morgan fingerprint density at radius 3 is 2.38 bits per heavy atom. The van der Waals surface area contributed by atoms with Crippen LogP contribution in [0.15, 0.2) is 83.9 Å². The molecule has 1 amide bonds. The number of carbonyl (C=O) groups is 2. The van der Waals surface area contributed by atoms with Gasteiger partial charge in [0.25, 0.3) is 5.91 Å². The van der Waals surface area contributed by atoms with Gasteiger partial charge in [-0.05, 0) is 23.8 Å². The molecule has 1 atom stereocenters. The predicted molar refractivity (Wildman–Crippen MR) is 126 cm³/mol. The van der Waals surface area contributed by atoms with E-state index in [2.05, 4.69) is 11.6 Å². The van der Waals surface area contributed by atoms with Crippen molar-refractivity contribution >= 4 is 34.9 Å². The van der Waals surface area contributed by atoms with E-state index in [9.17, 15) is 19.8 Å². The molecule has 7 heteroatoms. The number of benzodiazepines with no additional fused rings is 1. The Kier molecular flexibility index (Phi) is 7.63. The molecule has 3 aromatic carbocycles. The third-order valence-electron chi connectivity index (χ3n) is 4.97. The van der Waals surface area contributed by atoms with Crippen molar-refractivity contribution in [2.24, 2.45) is 4.99 Å². The Bertz CT molecular complexity index is 1130. The Labute approximate surface area is 191 Å². The van der Waals surface area contributed by atoms with Gasteiger partial charge in [0.05, 0.1) is 11.4 Å². The summed E-state index contributed by atoms with van der Waals surface area (Å²) in [5, 5.41) is 19.4. The van der Waals surface area contributed by atoms with Gasteiger partial charge in [-0.3, -0.25) is 19.5 Å². The fraction of sp³-hybridized carbons (Fsp3) is 0.160. The summed E-state index contributed by atoms with van der Waals surface area (Å²) in [6.45, 7) is -0.454. The molecule has 0 aliphatic carbocycles. The van der Waals surface area contributed by atoms with Gasteiger partial charge in [-0.25, -0.2) is 0 Å². The largest absolute Gasteiger partial charge is 0.508 e. The Balaban J connectivity index is 0.00000141. The molecular weight excluding hydrogens is 428 g/mol. The SMILES string of the molecule is CCl.O=C(O)CN1C(=O)C(Cc2ccccc2)N=C(c2cccc(O)c2)c2ccccc21. The van der Waals surface area contributed by atoms with Crippen molar-refractivity contribution in [3.8, 4) is 5.75 Å². The summed E-state index contributed by atoms with van der Waals surface area (Å²) in [5.74, 6) is -1.38. The van der Waals surface area contributed by atoms with Crippen LogP contribution in [-0.2, 0) is 16.0 Å². The van der Waals surface area contributed by atoms with Crippen LogP contribution in [0.2, 0.25) is 0 Å². The number of aromatic hydroxyl groups is 1. The van der Waals surface area contributed by atoms with E-state index in [1.54, 1.807) is 30.3 Å². The monoisotopic (exact) mass is 450 g/mol. The van der Waals surface area contributed by atoms with Crippen LogP contribution >= 0.6 is 11.6 Å². The van der Waals surface area contributed by atoms with Gasteiger partial charge in [0.1, 0.15) is 18.3 Å². The van der Waals surface area contributed by atoms with Gasteiger partial charge in [0, 0.05) is 23.9 Å². The lowest BCUT2D eigenvalue weighted by Crippen LogP contribution is -2.42. The minimum Gasteiger partial charge on any atom is -0.508 e. The van der Waals surface area contributed by atoms with Crippen molar-refractivity contribution in [3.63, 3.8) is 0 Å². The molecule has 2 N–H and O–H groups in total. The quantitative estimate of drug-likeness (QED) is 0.572. The molecule has 0 spiro atoms. The van der Waals surface area contributed by atoms with E-state index in [1.165, 1.54) is 11.3 Å². The number of halogens is 1. The number of aliphatic imine (C=N–C) groups is 1. The standard InChI is InChI=1S/C24H20N2O4.CH3Cl/c27-18-10-6-9-17(14-18)23-19-11-4-5-12-21(19)26(15-22(28)29)24(30)20(25-23)13-16-7-2-1-3-8-16;1-2/h1-12,14,20,27H,13,15H2,(H,28,29);1H3. The van der Waals surface area contributed by atoms with Crippen molar-refractivity contribution in [1.29, 1.82) is 0 Å². The second-order valence-electron chi connectivity index (χ2n) is 7.07. The molecule has 0 aromatic heterocycles. The molecule has 3 aromatic rings. The van der Waals surface area contributed by atoms with Gasteiger partial charge < -0.3 is 10.2 Å². The molecule has 1 aliphatic heterocycles. The van der Waals surface area contributed by atoms with Crippen LogP contribution in [0.25, 0.3) is 0 Å². The van der Waals surface area contributed by atoms with Gasteiger partial charge in [0.15, 0.2) is 0 Å². The van der Waals surface area contributed by atoms with Crippen molar-refractivity contribution in [1.82, 2.24) is 0 Å². The van der Waals surface area contributed by atoms with Crippen LogP contribution in [0.3, 0.4) is 0 Å². The molecule has 0 radical (unpaired) electrons. The fourth-order valence-corrected chi connectivity index (χ4v) is 3.64. The summed E-state index contributed by atoms with van der Waals surface area (Å²) in [5.41, 5.74) is 3.26. The number of rotatable bonds is 5. The average Bonchev–Trinajstić information content (AvgIpc) is 2.92. The van der Waals surface area contributed by atoms with Gasteiger partial charge in [-0.15, -0.1) is 11.6 Å². The zero-order valence-corrected chi connectivity index (χ0v) is 18.2. The first kappa shape index (κ1) is 23.0. The third-order valence-corrected chi connectivity index (χ3v) is 4.97. The van der Waals surface area contributed by atoms with Crippen LogP contribution in [0.1, 0.15) is 16.7 Å². The summed E-state index contributed by atoms with van der Waals surface area (Å²) in [6, 6.07) is 22.5. The zero-order chi connectivity index (χ0) is 23.1. The van der Waals surface area contributed by atoms with E-state index in [-0.39, 0.29) is 11.7 Å². The Morgan fingerprint density at radius 1 is 1.00 bits per heavy atom. The number of para-hydroxylation sites is 1. The third kappa shape index (κ3) is 5.15. The van der Waals surface area contributed by atoms with Gasteiger partial charge in [-0.1, -0.05) is 60.7 Å². The lowest BCUT2D eigenvalue weighted by Gasteiger charge is -2.23. The lowest BCUT2D eigenvalue weighted by atomic mass is 10.00. The van der Waals surface area contributed by atoms with Crippen LogP contribution in [0.5, 0.6) is 5.75 Å². The molecule has 0 bridgehead atoms. The number of hydrogen-bond donors (Lipinski definition) is 2. The lowest BCUT2D eigenvalue weighted by molar-refractivity contribution is -0.136. The molecule has 0 saturated heterocycles. The maximum absolute atomic E-state index is 13.4. The van der Waals surface area contributed by atoms with E-state index in [0.717, 1.165) is 5.56 Å². The number of anilines is 1. The second kappa shape index (κ2) is 10.6. The first-order valence-corrected chi connectivity index (χ1v) is 10.7. The predicted octanol–water partition coefficient (Wildman–Crippen LogP) is 4.13. The number of carboxylic acid groups (broad SMARTS) is 1. The van der Waals surface area contributed by atoms with E-state index < -0.39 is 18.6 Å². The highest BCUT2D eigenvalue weighted by Gasteiger charge is 2.33. The van der Waals surface area contributed by atoms with Gasteiger partial charge >= 0.3 is 5.97 Å². The number of carboxylic acids is 1. The van der Waals surface area contributed by atoms with Gasteiger partial charge in [0.2, 0.25) is 0 Å². The normalized spacial score (nSPS) is 15.1. The number of phenolic OH excluding ortho intramolecular Hbond substituents is 1. The molecule has 6 nitrogen and oxygen atoms in total. The van der Waals surface area contributed by atoms with E-state index >= 15 is 0 Å². The van der Waals surface area contributed by atoms with E-state index in [4.69, 9.17) is 4.99 Å². The highest BCUT2D eigenvalue weighted by molar-refractivity contribution is 6.20. The number of fused-ring (bicyclic) bond motifs is 1. The molecule has 164 valence electrons. The minimum atomic E-state index is -1.10. The number of nitrogens with zero attached hydrogens (tertiary/aromatic N) is 2. The molecule has 32 heavy (non-hydrogen) atoms. The number of hydrogen-bond acceptors (Lipinski definition) is 4. The topological polar surface area (TPSA) is 90.2 Å². The number of alkyl halides is 1. The zero-order valence-electron chi connectivity index (χ0n) is 17.5. The van der Waals surface area contributed by atoms with Crippen LogP contribution < -0.4 is 4.90 Å². The maximum atomic E-state index is 13.4. The summed E-state index contributed by atoms with van der Waals surface area (Å²) >= 11 is 4.64. The average molecular weight is 451 g/mol. The van der Waals surface area contributed by atoms with Crippen LogP contribution in [0, 0.1) is 0 Å². The van der Waals surface area contributed by atoms with E-state index in [1.807, 2.05) is 48.5 Å². The number of carbonyl (C=O) groups excluding carboxylic acids is 1. The van der Waals surface area contributed by atoms with Crippen molar-refractivity contribution in [3.05, 3.63) is 95.6 Å². The Morgan fingerprint density at radius 2 is 1.69 bits per heavy atom. The van der Waals surface area contributed by atoms with Gasteiger partial charge in [-0.2, -0.15) is 0 Å². The van der Waals surface area contributed by atoms with Crippen molar-refractivity contribution < 1.29 is 19.8 Å². The highest BCUT2D eigenvalue weighted by Crippen LogP contribution is 2.30. The summed E-state index contributed by atoms with van der Waals surface area (Å²) < 4.78 is 0. The number of aliphatic carboxylic acids is 1. The number of amides is 1. The maximum Gasteiger partial charge on any atom is 0.323 e. The number of phenols is 1. The second-order valence-corrected chi connectivity index (χ2v) is 7.07. The highest BCUT2D eigenvalue weighted by atomic mass is 35.5. The van der Waals surface area contributed by atoms with Crippen LogP contribution in [-0.4, -0.2) is 46.8 Å². The van der Waals surface area contributed by atoms with Crippen LogP contribution in [0.4, 0.5) is 5.69 Å². The van der Waals surface area contributed by atoms with Crippen molar-refractivity contribution in [2.75, 3.05) is 17.8 Å². The minimum absolute atomic E-state index is 0.0882. The van der Waals surface area contributed by atoms with E-state index in [0.29, 0.717) is 28.9 Å². The summed E-state index contributed by atoms with van der Waals surface area (Å²) in [6.07, 6.45) is 1.81. The molecular formula is C25H23ClN2O4. The Hall–Kier alpha value is -3.64. The molecule has 1 aliphatic rings. The molecule has 0 fully saturated rings. The first-order valence-electron chi connectivity index (χ1n) is 9.94. The molecule has 1 unspecified atom stereocenters. The number of benzene rings is 3. The summed E-state index contributed by atoms with van der Waals surface area (Å²) in [4.78, 5) is 31.0. The molecule has 4 rings (SSSR count). The molecule has 0 saturated carbocycles.